The van der Waals surface area contributed by atoms with Crippen LogP contribution in [0.4, 0.5) is 4.39 Å². The molecule has 0 aromatic carbocycles. The number of nitrogens with two attached hydrogens (primary N) is 1. The third-order valence-corrected chi connectivity index (χ3v) is 0.689. The maximum Gasteiger partial charge on any atom is 0.303 e. The smallest absolute Gasteiger partial charge is 0.303 e. The number of halogens is 1. The van der Waals surface area contributed by atoms with Gasteiger partial charge in [0.05, 0.1) is 6.42 Å². The number of alkyl halides is 1. The van der Waals surface area contributed by atoms with Gasteiger partial charge in [-0.3, -0.25) is 10.5 Å². The minimum absolute atomic E-state index is 0.469. The average Bonchev–Trinajstić information content (AvgIpc) is 1.59. The summed E-state index contributed by atoms with van der Waals surface area (Å²) < 4.78 is 11.8. The van der Waals surface area contributed by atoms with E-state index in [0.717, 1.165) is 0 Å². The van der Waals surface area contributed by atoms with E-state index < -0.39 is 24.8 Å². The molecule has 0 aromatic heterocycles. The van der Waals surface area contributed by atoms with E-state index >= 15 is 0 Å². The molecule has 4 N–H and O–H groups in total. The van der Waals surface area contributed by atoms with Crippen molar-refractivity contribution in [3.8, 4) is 0 Å². The molecule has 0 bridgehead atoms. The van der Waals surface area contributed by atoms with Crippen LogP contribution in [0.2, 0.25) is 0 Å². The minimum Gasteiger partial charge on any atom is -0.481 e. The standard InChI is InChI=1S/C4H8FNO3/c5-4(6,9)2-1-3(7)8/h9H,1-2,6H2,(H,7,8). The van der Waals surface area contributed by atoms with E-state index in [0.29, 0.717) is 0 Å². The number of carboxylic acid groups (broad SMARTS) is 1. The molecule has 0 spiro atoms. The molecule has 4 nitrogen and oxygen atoms in total. The molecule has 0 saturated carbocycles. The maximum absolute atomic E-state index is 11.8. The van der Waals surface area contributed by atoms with Crippen molar-refractivity contribution < 1.29 is 19.4 Å². The van der Waals surface area contributed by atoms with Gasteiger partial charge in [-0.05, 0) is 0 Å². The molecule has 0 aliphatic carbocycles. The van der Waals surface area contributed by atoms with Crippen molar-refractivity contribution in [2.45, 2.75) is 18.8 Å². The Labute approximate surface area is 51.1 Å². The summed E-state index contributed by atoms with van der Waals surface area (Å²) in [5.74, 6) is -4.03. The summed E-state index contributed by atoms with van der Waals surface area (Å²) in [4.78, 5) is 9.71. The van der Waals surface area contributed by atoms with E-state index in [1.807, 2.05) is 0 Å². The lowest BCUT2D eigenvalue weighted by molar-refractivity contribution is -0.142. The van der Waals surface area contributed by atoms with E-state index in [-0.39, 0.29) is 0 Å². The molecule has 0 fully saturated rings. The maximum atomic E-state index is 11.8. The summed E-state index contributed by atoms with van der Waals surface area (Å²) in [5.41, 5.74) is 4.41. The fourth-order valence-corrected chi connectivity index (χ4v) is 0.282. The second-order valence-corrected chi connectivity index (χ2v) is 1.71. The van der Waals surface area contributed by atoms with Crippen LogP contribution in [0, 0.1) is 0 Å². The fraction of sp³-hybridized carbons (Fsp3) is 0.750. The number of carbonyl (C=O) groups is 1. The van der Waals surface area contributed by atoms with Crippen molar-refractivity contribution in [3.63, 3.8) is 0 Å². The Morgan fingerprint density at radius 2 is 2.22 bits per heavy atom. The van der Waals surface area contributed by atoms with Crippen LogP contribution in [-0.2, 0) is 4.79 Å². The summed E-state index contributed by atoms with van der Waals surface area (Å²) >= 11 is 0. The number of aliphatic carboxylic acids is 1. The first-order chi connectivity index (χ1) is 3.92. The predicted octanol–water partition coefficient (Wildman–Crippen LogP) is -0.575. The highest BCUT2D eigenvalue weighted by atomic mass is 19.2. The van der Waals surface area contributed by atoms with Crippen LogP contribution in [0.1, 0.15) is 12.8 Å². The number of hydrogen-bond acceptors (Lipinski definition) is 3. The third-order valence-electron chi connectivity index (χ3n) is 0.689. The first kappa shape index (κ1) is 8.32. The zero-order chi connectivity index (χ0) is 7.49. The fourth-order valence-electron chi connectivity index (χ4n) is 0.282. The molecule has 5 heteroatoms. The van der Waals surface area contributed by atoms with Gasteiger partial charge < -0.3 is 10.2 Å². The summed E-state index contributed by atoms with van der Waals surface area (Å²) in [5, 5.41) is 16.1. The molecular weight excluding hydrogens is 129 g/mol. The van der Waals surface area contributed by atoms with E-state index in [9.17, 15) is 9.18 Å². The largest absolute Gasteiger partial charge is 0.481 e. The molecule has 0 amide bonds. The van der Waals surface area contributed by atoms with Crippen molar-refractivity contribution in [3.05, 3.63) is 0 Å². The second kappa shape index (κ2) is 2.75. The van der Waals surface area contributed by atoms with Crippen LogP contribution in [0.15, 0.2) is 0 Å². The van der Waals surface area contributed by atoms with Gasteiger partial charge in [0, 0.05) is 6.42 Å². The lowest BCUT2D eigenvalue weighted by atomic mass is 10.3. The number of rotatable bonds is 3. The minimum atomic E-state index is -2.85. The van der Waals surface area contributed by atoms with Gasteiger partial charge >= 0.3 is 5.97 Å². The quantitative estimate of drug-likeness (QED) is 0.359. The SMILES string of the molecule is NC(O)(F)CCC(=O)O. The lowest BCUT2D eigenvalue weighted by Gasteiger charge is -2.09. The van der Waals surface area contributed by atoms with Crippen LogP contribution in [0.3, 0.4) is 0 Å². The van der Waals surface area contributed by atoms with Crippen molar-refractivity contribution >= 4 is 5.97 Å². The van der Waals surface area contributed by atoms with E-state index in [1.54, 1.807) is 0 Å². The van der Waals surface area contributed by atoms with E-state index in [1.165, 1.54) is 0 Å². The van der Waals surface area contributed by atoms with Gasteiger partial charge in [0.15, 0.2) is 0 Å². The van der Waals surface area contributed by atoms with Gasteiger partial charge in [0.25, 0.3) is 5.98 Å². The molecular formula is C4H8FNO3. The van der Waals surface area contributed by atoms with Crippen molar-refractivity contribution in [1.29, 1.82) is 0 Å². The molecule has 0 radical (unpaired) electrons. The molecule has 1 atom stereocenters. The Morgan fingerprint density at radius 3 is 2.33 bits per heavy atom. The Bertz CT molecular complexity index is 109. The first-order valence-corrected chi connectivity index (χ1v) is 2.34. The first-order valence-electron chi connectivity index (χ1n) is 2.34. The molecule has 0 aliphatic heterocycles. The van der Waals surface area contributed by atoms with E-state index in [2.05, 4.69) is 5.73 Å². The normalized spacial score (nSPS) is 16.8. The molecule has 9 heavy (non-hydrogen) atoms. The molecule has 0 aliphatic rings. The lowest BCUT2D eigenvalue weighted by Crippen LogP contribution is -2.34. The highest BCUT2D eigenvalue weighted by Crippen LogP contribution is 2.05. The highest BCUT2D eigenvalue weighted by Gasteiger charge is 2.19. The number of aliphatic hydroxyl groups is 1. The monoisotopic (exact) mass is 137 g/mol. The summed E-state index contributed by atoms with van der Waals surface area (Å²) in [6, 6.07) is 0. The highest BCUT2D eigenvalue weighted by molar-refractivity contribution is 5.66. The van der Waals surface area contributed by atoms with E-state index in [4.69, 9.17) is 10.2 Å². The predicted molar refractivity (Wildman–Crippen MR) is 27.1 cm³/mol. The van der Waals surface area contributed by atoms with Crippen LogP contribution in [0.5, 0.6) is 0 Å². The van der Waals surface area contributed by atoms with Gasteiger partial charge in [0.2, 0.25) is 0 Å². The molecule has 1 unspecified atom stereocenters. The van der Waals surface area contributed by atoms with Gasteiger partial charge in [-0.2, -0.15) is 4.39 Å². The number of hydrogen-bond donors (Lipinski definition) is 3. The summed E-state index contributed by atoms with van der Waals surface area (Å²) in [6.45, 7) is 0. The van der Waals surface area contributed by atoms with Crippen molar-refractivity contribution in [2.75, 3.05) is 0 Å². The molecule has 0 rings (SSSR count). The van der Waals surface area contributed by atoms with Crippen LogP contribution >= 0.6 is 0 Å². The summed E-state index contributed by atoms with van der Waals surface area (Å²) in [7, 11) is 0. The molecule has 0 heterocycles. The second-order valence-electron chi connectivity index (χ2n) is 1.71. The Hall–Kier alpha value is -0.680. The third kappa shape index (κ3) is 7.32. The topological polar surface area (TPSA) is 83.5 Å². The van der Waals surface area contributed by atoms with Gasteiger partial charge in [0.1, 0.15) is 0 Å². The van der Waals surface area contributed by atoms with Crippen LogP contribution in [-0.4, -0.2) is 22.2 Å². The zero-order valence-corrected chi connectivity index (χ0v) is 4.67. The zero-order valence-electron chi connectivity index (χ0n) is 4.67. The van der Waals surface area contributed by atoms with Crippen molar-refractivity contribution in [1.82, 2.24) is 0 Å². The summed E-state index contributed by atoms with van der Waals surface area (Å²) in [6.07, 6.45) is -1.05. The molecule has 0 saturated heterocycles. The van der Waals surface area contributed by atoms with Gasteiger partial charge in [-0.25, -0.2) is 0 Å². The van der Waals surface area contributed by atoms with Gasteiger partial charge in [-0.1, -0.05) is 0 Å². The van der Waals surface area contributed by atoms with Gasteiger partial charge in [-0.15, -0.1) is 0 Å². The Kier molecular flexibility index (Phi) is 2.54. The van der Waals surface area contributed by atoms with Crippen LogP contribution in [0.25, 0.3) is 0 Å². The Balaban J connectivity index is 3.39. The Morgan fingerprint density at radius 1 is 1.78 bits per heavy atom. The molecule has 54 valence electrons. The van der Waals surface area contributed by atoms with Crippen molar-refractivity contribution in [2.24, 2.45) is 5.73 Å². The molecule has 0 aromatic rings. The van der Waals surface area contributed by atoms with Crippen LogP contribution < -0.4 is 5.73 Å². The average molecular weight is 137 g/mol. The number of carboxylic acids is 1.